The number of benzene rings is 3. The Labute approximate surface area is 192 Å². The van der Waals surface area contributed by atoms with E-state index in [1.54, 1.807) is 42.5 Å². The summed E-state index contributed by atoms with van der Waals surface area (Å²) in [5.41, 5.74) is 2.16. The van der Waals surface area contributed by atoms with Gasteiger partial charge in [-0.05, 0) is 54.8 Å². The number of amides is 2. The fourth-order valence-electron chi connectivity index (χ4n) is 4.30. The summed E-state index contributed by atoms with van der Waals surface area (Å²) in [7, 11) is 1.53. The summed E-state index contributed by atoms with van der Waals surface area (Å²) in [5.74, 6) is 0.178. The molecule has 1 saturated carbocycles. The molecule has 0 saturated heterocycles. The predicted molar refractivity (Wildman–Crippen MR) is 128 cm³/mol. The maximum Gasteiger partial charge on any atom is 0.255 e. The molecule has 4 rings (SSSR count). The number of hydrogen-bond donors (Lipinski definition) is 2. The number of carbonyl (C=O) groups is 2. The van der Waals surface area contributed by atoms with E-state index in [0.717, 1.165) is 31.2 Å². The van der Waals surface area contributed by atoms with Crippen LogP contribution in [-0.4, -0.2) is 18.9 Å². The van der Waals surface area contributed by atoms with E-state index in [9.17, 15) is 9.59 Å². The Kier molecular flexibility index (Phi) is 6.47. The number of anilines is 2. The first-order valence-corrected chi connectivity index (χ1v) is 11.0. The zero-order valence-electron chi connectivity index (χ0n) is 17.9. The number of hydrogen-bond acceptors (Lipinski definition) is 3. The van der Waals surface area contributed by atoms with E-state index in [1.165, 1.54) is 7.11 Å². The van der Waals surface area contributed by atoms with E-state index in [-0.39, 0.29) is 11.8 Å². The molecule has 0 radical (unpaired) electrons. The van der Waals surface area contributed by atoms with Crippen molar-refractivity contribution in [2.45, 2.75) is 31.1 Å². The molecular weight excluding hydrogens is 424 g/mol. The smallest absolute Gasteiger partial charge is 0.255 e. The lowest BCUT2D eigenvalue weighted by molar-refractivity contribution is -0.121. The average molecular weight is 449 g/mol. The molecule has 164 valence electrons. The van der Waals surface area contributed by atoms with Gasteiger partial charge in [-0.25, -0.2) is 0 Å². The molecule has 5 nitrogen and oxygen atoms in total. The van der Waals surface area contributed by atoms with Crippen molar-refractivity contribution < 1.29 is 14.3 Å². The molecule has 0 atom stereocenters. The summed E-state index contributed by atoms with van der Waals surface area (Å²) in [6.45, 7) is 0. The van der Waals surface area contributed by atoms with E-state index < -0.39 is 5.41 Å². The van der Waals surface area contributed by atoms with Gasteiger partial charge >= 0.3 is 0 Å². The third-order valence-electron chi connectivity index (χ3n) is 6.03. The van der Waals surface area contributed by atoms with Crippen molar-refractivity contribution in [3.8, 4) is 5.75 Å². The Hall–Kier alpha value is -3.31. The Morgan fingerprint density at radius 2 is 1.59 bits per heavy atom. The van der Waals surface area contributed by atoms with Crippen LogP contribution in [0.2, 0.25) is 5.02 Å². The van der Waals surface area contributed by atoms with Crippen LogP contribution < -0.4 is 15.4 Å². The molecule has 1 aliphatic carbocycles. The van der Waals surface area contributed by atoms with Crippen molar-refractivity contribution in [2.75, 3.05) is 17.7 Å². The molecule has 0 heterocycles. The van der Waals surface area contributed by atoms with Gasteiger partial charge in [-0.15, -0.1) is 0 Å². The summed E-state index contributed by atoms with van der Waals surface area (Å²) in [5, 5.41) is 6.48. The molecular formula is C26H25ClN2O3. The topological polar surface area (TPSA) is 67.4 Å². The highest BCUT2D eigenvalue weighted by molar-refractivity contribution is 6.30. The number of ether oxygens (including phenoxy) is 1. The van der Waals surface area contributed by atoms with Crippen LogP contribution in [-0.2, 0) is 10.2 Å². The molecule has 0 bridgehead atoms. The first kappa shape index (κ1) is 21.9. The molecule has 3 aromatic carbocycles. The lowest BCUT2D eigenvalue weighted by Gasteiger charge is -2.28. The van der Waals surface area contributed by atoms with Crippen molar-refractivity contribution in [1.82, 2.24) is 0 Å². The molecule has 3 aromatic rings. The minimum absolute atomic E-state index is 0.0128. The van der Waals surface area contributed by atoms with E-state index in [2.05, 4.69) is 10.6 Å². The van der Waals surface area contributed by atoms with Gasteiger partial charge in [0.15, 0.2) is 0 Å². The van der Waals surface area contributed by atoms with Gasteiger partial charge in [-0.1, -0.05) is 54.8 Å². The zero-order chi connectivity index (χ0) is 22.6. The van der Waals surface area contributed by atoms with E-state index >= 15 is 0 Å². The quantitative estimate of drug-likeness (QED) is 0.482. The standard InChI is InChI=1S/C26H25ClN2O3/c1-32-23-17-21(13-14-22(23)29-24(30)18-9-11-20(27)12-10-18)28-25(31)26(15-5-6-16-26)19-7-3-2-4-8-19/h2-4,7-14,17H,5-6,15-16H2,1H3,(H,28,31)(H,29,30). The highest BCUT2D eigenvalue weighted by Gasteiger charge is 2.42. The molecule has 1 fully saturated rings. The van der Waals surface area contributed by atoms with Gasteiger partial charge in [0.1, 0.15) is 5.75 Å². The van der Waals surface area contributed by atoms with Crippen molar-refractivity contribution in [2.24, 2.45) is 0 Å². The Morgan fingerprint density at radius 1 is 0.906 bits per heavy atom. The van der Waals surface area contributed by atoms with Crippen LogP contribution >= 0.6 is 11.6 Å². The van der Waals surface area contributed by atoms with Gasteiger partial charge in [-0.2, -0.15) is 0 Å². The summed E-state index contributed by atoms with van der Waals surface area (Å²) in [6, 6.07) is 21.8. The van der Waals surface area contributed by atoms with Crippen molar-refractivity contribution in [3.63, 3.8) is 0 Å². The second-order valence-electron chi connectivity index (χ2n) is 7.99. The van der Waals surface area contributed by atoms with E-state index in [0.29, 0.717) is 27.7 Å². The summed E-state index contributed by atoms with van der Waals surface area (Å²) >= 11 is 5.89. The lowest BCUT2D eigenvalue weighted by atomic mass is 9.78. The largest absolute Gasteiger partial charge is 0.494 e. The fraction of sp³-hybridized carbons (Fsp3) is 0.231. The number of nitrogens with one attached hydrogen (secondary N) is 2. The molecule has 6 heteroatoms. The van der Waals surface area contributed by atoms with Crippen LogP contribution in [0.15, 0.2) is 72.8 Å². The second-order valence-corrected chi connectivity index (χ2v) is 8.42. The SMILES string of the molecule is COc1cc(NC(=O)C2(c3ccccc3)CCCC2)ccc1NC(=O)c1ccc(Cl)cc1. The van der Waals surface area contributed by atoms with E-state index in [4.69, 9.17) is 16.3 Å². The minimum atomic E-state index is -0.518. The number of methoxy groups -OCH3 is 1. The van der Waals surface area contributed by atoms with Crippen molar-refractivity contribution >= 4 is 34.8 Å². The van der Waals surface area contributed by atoms with Crippen LogP contribution in [0, 0.1) is 0 Å². The van der Waals surface area contributed by atoms with Crippen molar-refractivity contribution in [3.05, 3.63) is 88.9 Å². The van der Waals surface area contributed by atoms with Crippen LogP contribution in [0.1, 0.15) is 41.6 Å². The van der Waals surface area contributed by atoms with Gasteiger partial charge in [0.25, 0.3) is 5.91 Å². The van der Waals surface area contributed by atoms with E-state index in [1.807, 2.05) is 30.3 Å². The van der Waals surface area contributed by atoms with Gasteiger partial charge in [0.2, 0.25) is 5.91 Å². The van der Waals surface area contributed by atoms with Gasteiger partial charge in [-0.3, -0.25) is 9.59 Å². The molecule has 0 aromatic heterocycles. The average Bonchev–Trinajstić information content (AvgIpc) is 3.32. The highest BCUT2D eigenvalue weighted by Crippen LogP contribution is 2.42. The summed E-state index contributed by atoms with van der Waals surface area (Å²) in [4.78, 5) is 25.9. The summed E-state index contributed by atoms with van der Waals surface area (Å²) < 4.78 is 5.47. The molecule has 0 unspecified atom stereocenters. The maximum absolute atomic E-state index is 13.4. The Balaban J connectivity index is 1.53. The van der Waals surface area contributed by atoms with Crippen molar-refractivity contribution in [1.29, 1.82) is 0 Å². The highest BCUT2D eigenvalue weighted by atomic mass is 35.5. The Morgan fingerprint density at radius 3 is 2.25 bits per heavy atom. The molecule has 1 aliphatic rings. The lowest BCUT2D eigenvalue weighted by Crippen LogP contribution is -2.37. The first-order chi connectivity index (χ1) is 15.5. The molecule has 32 heavy (non-hydrogen) atoms. The van der Waals surface area contributed by atoms with Gasteiger partial charge in [0.05, 0.1) is 18.2 Å². The molecule has 0 aliphatic heterocycles. The van der Waals surface area contributed by atoms with Gasteiger partial charge in [0, 0.05) is 22.3 Å². The number of halogens is 1. The van der Waals surface area contributed by atoms with Crippen LogP contribution in [0.5, 0.6) is 5.75 Å². The predicted octanol–water partition coefficient (Wildman–Crippen LogP) is 6.05. The molecule has 2 amide bonds. The first-order valence-electron chi connectivity index (χ1n) is 10.6. The summed E-state index contributed by atoms with van der Waals surface area (Å²) in [6.07, 6.45) is 3.72. The second kappa shape index (κ2) is 9.45. The molecule has 2 N–H and O–H groups in total. The number of rotatable bonds is 6. The maximum atomic E-state index is 13.4. The minimum Gasteiger partial charge on any atom is -0.494 e. The van der Waals surface area contributed by atoms with Crippen LogP contribution in [0.25, 0.3) is 0 Å². The number of carbonyl (C=O) groups excluding carboxylic acids is 2. The Bertz CT molecular complexity index is 1110. The third-order valence-corrected chi connectivity index (χ3v) is 6.28. The van der Waals surface area contributed by atoms with Crippen LogP contribution in [0.3, 0.4) is 0 Å². The zero-order valence-corrected chi connectivity index (χ0v) is 18.6. The monoisotopic (exact) mass is 448 g/mol. The normalized spacial score (nSPS) is 14.6. The van der Waals surface area contributed by atoms with Gasteiger partial charge < -0.3 is 15.4 Å². The molecule has 0 spiro atoms. The van der Waals surface area contributed by atoms with Crippen LogP contribution in [0.4, 0.5) is 11.4 Å². The fourth-order valence-corrected chi connectivity index (χ4v) is 4.43. The third kappa shape index (κ3) is 4.48.